The minimum Gasteiger partial charge on any atom is -0.480 e. The first-order valence-electron chi connectivity index (χ1n) is 4.01. The van der Waals surface area contributed by atoms with Crippen molar-refractivity contribution in [1.82, 2.24) is 5.32 Å². The number of carbonyl (C=O) groups is 2. The molecule has 0 rings (SSSR count). The van der Waals surface area contributed by atoms with Gasteiger partial charge in [0.2, 0.25) is 5.91 Å². The van der Waals surface area contributed by atoms with Crippen molar-refractivity contribution in [3.8, 4) is 12.3 Å². The summed E-state index contributed by atoms with van der Waals surface area (Å²) in [6.45, 7) is 1.29. The van der Waals surface area contributed by atoms with E-state index < -0.39 is 12.0 Å². The molecule has 0 spiro atoms. The van der Waals surface area contributed by atoms with Gasteiger partial charge >= 0.3 is 5.97 Å². The van der Waals surface area contributed by atoms with Crippen LogP contribution in [0.1, 0.15) is 26.2 Å². The molecular weight excluding hydrogens is 170 g/mol. The van der Waals surface area contributed by atoms with E-state index in [2.05, 4.69) is 11.2 Å². The molecule has 0 aliphatic carbocycles. The Hall–Kier alpha value is -1.50. The highest BCUT2D eigenvalue weighted by Gasteiger charge is 2.16. The molecule has 0 aliphatic heterocycles. The van der Waals surface area contributed by atoms with Gasteiger partial charge in [-0.15, -0.1) is 12.3 Å². The Morgan fingerprint density at radius 3 is 2.62 bits per heavy atom. The van der Waals surface area contributed by atoms with Gasteiger partial charge in [0.1, 0.15) is 6.04 Å². The Kier molecular flexibility index (Phi) is 5.37. The van der Waals surface area contributed by atoms with E-state index in [4.69, 9.17) is 11.5 Å². The Labute approximate surface area is 77.3 Å². The van der Waals surface area contributed by atoms with Crippen molar-refractivity contribution in [2.45, 2.75) is 32.2 Å². The van der Waals surface area contributed by atoms with Crippen molar-refractivity contribution in [2.75, 3.05) is 0 Å². The zero-order valence-electron chi connectivity index (χ0n) is 7.54. The molecule has 72 valence electrons. The topological polar surface area (TPSA) is 66.4 Å². The fourth-order valence-corrected chi connectivity index (χ4v) is 0.911. The maximum atomic E-state index is 10.6. The Balaban J connectivity index is 3.89. The number of rotatable bonds is 5. The maximum Gasteiger partial charge on any atom is 0.326 e. The molecule has 0 aromatic rings. The van der Waals surface area contributed by atoms with Crippen LogP contribution in [0.4, 0.5) is 0 Å². The van der Waals surface area contributed by atoms with E-state index in [0.29, 0.717) is 19.3 Å². The van der Waals surface area contributed by atoms with Crippen LogP contribution in [0, 0.1) is 12.3 Å². The number of hydrogen-bond donors (Lipinski definition) is 2. The zero-order chi connectivity index (χ0) is 10.3. The Morgan fingerprint density at radius 2 is 2.23 bits per heavy atom. The number of carbonyl (C=O) groups excluding carboxylic acids is 1. The molecule has 0 aromatic heterocycles. The summed E-state index contributed by atoms with van der Waals surface area (Å²) in [7, 11) is 0. The van der Waals surface area contributed by atoms with Crippen LogP contribution in [0.2, 0.25) is 0 Å². The SMILES string of the molecule is C#CCCC[C@@H](NC(C)=O)C(=O)O. The number of amides is 1. The predicted molar refractivity (Wildman–Crippen MR) is 47.9 cm³/mol. The molecular formula is C9H13NO3. The number of hydrogen-bond acceptors (Lipinski definition) is 2. The van der Waals surface area contributed by atoms with E-state index in [-0.39, 0.29) is 5.91 Å². The molecule has 0 radical (unpaired) electrons. The van der Waals surface area contributed by atoms with E-state index in [0.717, 1.165) is 0 Å². The number of terminal acetylenes is 1. The van der Waals surface area contributed by atoms with Crippen LogP contribution in [0.5, 0.6) is 0 Å². The zero-order valence-corrected chi connectivity index (χ0v) is 7.54. The Bertz CT molecular complexity index is 230. The third-order valence-corrected chi connectivity index (χ3v) is 1.49. The first-order chi connectivity index (χ1) is 6.07. The number of nitrogens with one attached hydrogen (secondary N) is 1. The standard InChI is InChI=1S/C9H13NO3/c1-3-4-5-6-8(9(12)13)10-7(2)11/h1,8H,4-6H2,2H3,(H,10,11)(H,12,13)/t8-/m1/s1. The molecule has 0 aromatic carbocycles. The van der Waals surface area contributed by atoms with Gasteiger partial charge in [0.15, 0.2) is 0 Å². The minimum atomic E-state index is -1.02. The van der Waals surface area contributed by atoms with E-state index in [1.54, 1.807) is 0 Å². The van der Waals surface area contributed by atoms with Crippen molar-refractivity contribution in [3.63, 3.8) is 0 Å². The Morgan fingerprint density at radius 1 is 1.62 bits per heavy atom. The van der Waals surface area contributed by atoms with Gasteiger partial charge in [0, 0.05) is 13.3 Å². The van der Waals surface area contributed by atoms with Gasteiger partial charge in [-0.1, -0.05) is 0 Å². The molecule has 0 saturated carbocycles. The average Bonchev–Trinajstić information content (AvgIpc) is 2.02. The molecule has 4 nitrogen and oxygen atoms in total. The molecule has 13 heavy (non-hydrogen) atoms. The molecule has 4 heteroatoms. The second-order valence-corrected chi connectivity index (χ2v) is 2.69. The second kappa shape index (κ2) is 6.06. The molecule has 1 amide bonds. The number of carboxylic acids is 1. The van der Waals surface area contributed by atoms with E-state index in [1.807, 2.05) is 0 Å². The first kappa shape index (κ1) is 11.5. The lowest BCUT2D eigenvalue weighted by atomic mass is 10.1. The highest BCUT2D eigenvalue weighted by Crippen LogP contribution is 2.00. The smallest absolute Gasteiger partial charge is 0.326 e. The molecule has 0 fully saturated rings. The molecule has 2 N–H and O–H groups in total. The van der Waals surface area contributed by atoms with Crippen LogP contribution >= 0.6 is 0 Å². The average molecular weight is 183 g/mol. The first-order valence-corrected chi connectivity index (χ1v) is 4.01. The van der Waals surface area contributed by atoms with Crippen molar-refractivity contribution < 1.29 is 14.7 Å². The number of unbranched alkanes of at least 4 members (excludes halogenated alkanes) is 1. The van der Waals surface area contributed by atoms with Crippen molar-refractivity contribution in [2.24, 2.45) is 0 Å². The monoisotopic (exact) mass is 183 g/mol. The maximum absolute atomic E-state index is 10.6. The van der Waals surface area contributed by atoms with Gasteiger partial charge in [-0.3, -0.25) is 4.79 Å². The predicted octanol–water partition coefficient (Wildman–Crippen LogP) is 0.379. The van der Waals surface area contributed by atoms with Gasteiger partial charge in [0.05, 0.1) is 0 Å². The van der Waals surface area contributed by atoms with Crippen molar-refractivity contribution in [1.29, 1.82) is 0 Å². The molecule has 0 aliphatic rings. The molecule has 0 bridgehead atoms. The van der Waals surface area contributed by atoms with Crippen LogP contribution < -0.4 is 5.32 Å². The van der Waals surface area contributed by atoms with Crippen molar-refractivity contribution in [3.05, 3.63) is 0 Å². The van der Waals surface area contributed by atoms with Gasteiger partial charge in [0.25, 0.3) is 0 Å². The fraction of sp³-hybridized carbons (Fsp3) is 0.556. The van der Waals surface area contributed by atoms with Crippen LogP contribution in [0.3, 0.4) is 0 Å². The molecule has 0 heterocycles. The second-order valence-electron chi connectivity index (χ2n) is 2.69. The van der Waals surface area contributed by atoms with Gasteiger partial charge in [-0.05, 0) is 12.8 Å². The summed E-state index contributed by atoms with van der Waals surface area (Å²) in [5, 5.41) is 11.0. The highest BCUT2D eigenvalue weighted by molar-refractivity contribution is 5.81. The van der Waals surface area contributed by atoms with Crippen molar-refractivity contribution >= 4 is 11.9 Å². The largest absolute Gasteiger partial charge is 0.480 e. The van der Waals surface area contributed by atoms with E-state index >= 15 is 0 Å². The third-order valence-electron chi connectivity index (χ3n) is 1.49. The van der Waals surface area contributed by atoms with Gasteiger partial charge in [-0.25, -0.2) is 4.79 Å². The van der Waals surface area contributed by atoms with Crippen LogP contribution in [-0.2, 0) is 9.59 Å². The number of aliphatic carboxylic acids is 1. The summed E-state index contributed by atoms with van der Waals surface area (Å²) in [5.74, 6) is 1.05. The van der Waals surface area contributed by atoms with Crippen LogP contribution in [0.15, 0.2) is 0 Å². The highest BCUT2D eigenvalue weighted by atomic mass is 16.4. The van der Waals surface area contributed by atoms with Gasteiger partial charge < -0.3 is 10.4 Å². The molecule has 0 unspecified atom stereocenters. The third kappa shape index (κ3) is 5.74. The lowest BCUT2D eigenvalue weighted by Gasteiger charge is -2.11. The molecule has 1 atom stereocenters. The summed E-state index contributed by atoms with van der Waals surface area (Å²) in [6, 6.07) is -0.814. The van der Waals surface area contributed by atoms with Crippen LogP contribution in [0.25, 0.3) is 0 Å². The normalized spacial score (nSPS) is 11.4. The summed E-state index contributed by atoms with van der Waals surface area (Å²) >= 11 is 0. The quantitative estimate of drug-likeness (QED) is 0.478. The van der Waals surface area contributed by atoms with E-state index in [1.165, 1.54) is 6.92 Å². The minimum absolute atomic E-state index is 0.340. The fourth-order valence-electron chi connectivity index (χ4n) is 0.911. The van der Waals surface area contributed by atoms with Gasteiger partial charge in [-0.2, -0.15) is 0 Å². The van der Waals surface area contributed by atoms with E-state index in [9.17, 15) is 9.59 Å². The summed E-state index contributed by atoms with van der Waals surface area (Å²) in [5.41, 5.74) is 0. The lowest BCUT2D eigenvalue weighted by Crippen LogP contribution is -2.39. The summed E-state index contributed by atoms with van der Waals surface area (Å²) in [6.07, 6.45) is 6.52. The summed E-state index contributed by atoms with van der Waals surface area (Å²) in [4.78, 5) is 21.1. The molecule has 0 saturated heterocycles. The lowest BCUT2D eigenvalue weighted by molar-refractivity contribution is -0.141. The number of carboxylic acid groups (broad SMARTS) is 1. The van der Waals surface area contributed by atoms with Crippen LogP contribution in [-0.4, -0.2) is 23.0 Å². The summed E-state index contributed by atoms with van der Waals surface area (Å²) < 4.78 is 0.